The number of alkyl halides is 2. The maximum Gasteiger partial charge on any atom is 0.282 e. The van der Waals surface area contributed by atoms with E-state index in [-0.39, 0.29) is 35.8 Å². The van der Waals surface area contributed by atoms with E-state index in [1.54, 1.807) is 26.1 Å². The first-order chi connectivity index (χ1) is 15.4. The number of nitrogens with zero attached hydrogens (tertiary/aromatic N) is 4. The summed E-state index contributed by atoms with van der Waals surface area (Å²) in [5.74, 6) is 5.66. The second kappa shape index (κ2) is 11.2. The molecule has 2 rings (SSSR count). The third-order valence-electron chi connectivity index (χ3n) is 4.02. The number of aromatic nitrogens is 3. The van der Waals surface area contributed by atoms with Gasteiger partial charge in [-0.15, -0.1) is 0 Å². The van der Waals surface area contributed by atoms with Crippen molar-refractivity contribution < 1.29 is 18.4 Å². The molecule has 0 spiro atoms. The fourth-order valence-corrected chi connectivity index (χ4v) is 2.87. The highest BCUT2D eigenvalue weighted by Gasteiger charge is 2.20. The summed E-state index contributed by atoms with van der Waals surface area (Å²) in [6.45, 7) is 9.53. The van der Waals surface area contributed by atoms with Gasteiger partial charge >= 0.3 is 0 Å². The fourth-order valence-electron chi connectivity index (χ4n) is 2.60. The van der Waals surface area contributed by atoms with Crippen LogP contribution in [0.5, 0.6) is 0 Å². The lowest BCUT2D eigenvalue weighted by atomic mass is 9.97. The summed E-state index contributed by atoms with van der Waals surface area (Å²) in [4.78, 5) is 22.1. The molecule has 0 bridgehead atoms. The number of carbonyl (C=O) groups excluding carboxylic acids is 1. The number of carbonyl (C=O) groups is 1. The number of nitrogens with one attached hydrogen (secondary N) is 1. The van der Waals surface area contributed by atoms with Gasteiger partial charge in [0, 0.05) is 36.0 Å². The minimum atomic E-state index is -2.77. The molecule has 2 aromatic rings. The molecule has 2 aromatic heterocycles. The lowest BCUT2D eigenvalue weighted by Gasteiger charge is -2.11. The van der Waals surface area contributed by atoms with Crippen LogP contribution in [-0.2, 0) is 23.1 Å². The van der Waals surface area contributed by atoms with E-state index in [0.717, 1.165) is 0 Å². The highest BCUT2D eigenvalue weighted by atomic mass is 35.5. The maximum atomic E-state index is 13.1. The zero-order valence-electron chi connectivity index (χ0n) is 19.5. The van der Waals surface area contributed by atoms with Gasteiger partial charge in [-0.3, -0.25) is 14.5 Å². The molecule has 7 nitrogen and oxygen atoms in total. The minimum Gasteiger partial charge on any atom is -0.393 e. The zero-order valence-corrected chi connectivity index (χ0v) is 20.3. The lowest BCUT2D eigenvalue weighted by Crippen LogP contribution is -2.32. The maximum absolute atomic E-state index is 13.1. The van der Waals surface area contributed by atoms with Crippen LogP contribution < -0.4 is 5.32 Å². The second-order valence-corrected chi connectivity index (χ2v) is 9.12. The van der Waals surface area contributed by atoms with Crippen molar-refractivity contribution in [2.45, 2.75) is 53.6 Å². The van der Waals surface area contributed by atoms with Gasteiger partial charge in [0.2, 0.25) is 5.91 Å². The molecule has 0 atom stereocenters. The van der Waals surface area contributed by atoms with Gasteiger partial charge in [0.1, 0.15) is 23.2 Å². The van der Waals surface area contributed by atoms with Crippen molar-refractivity contribution in [2.24, 2.45) is 17.6 Å². The standard InChI is InChI=1S/C23H28ClF2N5O2/c1-14(2)33-30-18(21-17(24)9-15(11-28-21)7-8-23(3,4)5)12-27-19(32)10-16-13-31(6)29-20(16)22(25)26/h9,11,13-14,22H,10,12H2,1-6H3,(H,27,32)/b30-18-. The van der Waals surface area contributed by atoms with E-state index < -0.39 is 18.0 Å². The number of hydrogen-bond acceptors (Lipinski definition) is 5. The van der Waals surface area contributed by atoms with E-state index in [1.165, 1.54) is 17.9 Å². The highest BCUT2D eigenvalue weighted by Crippen LogP contribution is 2.21. The number of halogens is 3. The Labute approximate surface area is 197 Å². The summed E-state index contributed by atoms with van der Waals surface area (Å²) in [6, 6.07) is 1.67. The minimum absolute atomic E-state index is 0.0600. The van der Waals surface area contributed by atoms with Crippen LogP contribution in [0.25, 0.3) is 0 Å². The van der Waals surface area contributed by atoms with Gasteiger partial charge in [-0.1, -0.05) is 28.6 Å². The van der Waals surface area contributed by atoms with E-state index in [1.807, 2.05) is 20.8 Å². The van der Waals surface area contributed by atoms with E-state index in [2.05, 4.69) is 32.4 Å². The van der Waals surface area contributed by atoms with Crippen molar-refractivity contribution in [3.05, 3.63) is 46.0 Å². The van der Waals surface area contributed by atoms with Crippen molar-refractivity contribution >= 4 is 23.2 Å². The topological polar surface area (TPSA) is 81.4 Å². The molecule has 2 heterocycles. The predicted octanol–water partition coefficient (Wildman–Crippen LogP) is 4.29. The van der Waals surface area contributed by atoms with Crippen LogP contribution in [0.4, 0.5) is 8.78 Å². The van der Waals surface area contributed by atoms with Crippen LogP contribution >= 0.6 is 11.6 Å². The molecule has 1 N–H and O–H groups in total. The van der Waals surface area contributed by atoms with Gasteiger partial charge in [-0.05, 0) is 40.7 Å². The summed E-state index contributed by atoms with van der Waals surface area (Å²) in [5.41, 5.74) is 0.821. The van der Waals surface area contributed by atoms with Crippen LogP contribution in [0.2, 0.25) is 5.02 Å². The van der Waals surface area contributed by atoms with E-state index >= 15 is 0 Å². The SMILES string of the molecule is CC(C)O/N=C(/CNC(=O)Cc1cn(C)nc1C(F)F)c1ncc(C#CC(C)(C)C)cc1Cl. The van der Waals surface area contributed by atoms with Crippen LogP contribution in [0.3, 0.4) is 0 Å². The highest BCUT2D eigenvalue weighted by molar-refractivity contribution is 6.34. The lowest BCUT2D eigenvalue weighted by molar-refractivity contribution is -0.120. The van der Waals surface area contributed by atoms with Gasteiger partial charge in [0.05, 0.1) is 18.0 Å². The fraction of sp³-hybridized carbons (Fsp3) is 0.478. The molecule has 0 saturated carbocycles. The monoisotopic (exact) mass is 479 g/mol. The summed E-state index contributed by atoms with van der Waals surface area (Å²) in [7, 11) is 1.52. The molecule has 10 heteroatoms. The number of hydrogen-bond donors (Lipinski definition) is 1. The summed E-state index contributed by atoms with van der Waals surface area (Å²) in [5, 5.41) is 10.7. The van der Waals surface area contributed by atoms with Crippen molar-refractivity contribution in [1.29, 1.82) is 0 Å². The average molecular weight is 480 g/mol. The summed E-state index contributed by atoms with van der Waals surface area (Å²) >= 11 is 6.42. The Morgan fingerprint density at radius 1 is 1.36 bits per heavy atom. The van der Waals surface area contributed by atoms with Gasteiger partial charge in [0.25, 0.3) is 6.43 Å². The largest absolute Gasteiger partial charge is 0.393 e. The van der Waals surface area contributed by atoms with E-state index in [9.17, 15) is 13.6 Å². The molecular weight excluding hydrogens is 452 g/mol. The Hall–Kier alpha value is -2.99. The Balaban J connectivity index is 2.19. The number of aryl methyl sites for hydroxylation is 1. The zero-order chi connectivity index (χ0) is 24.8. The Morgan fingerprint density at radius 3 is 2.64 bits per heavy atom. The molecule has 0 fully saturated rings. The van der Waals surface area contributed by atoms with Gasteiger partial charge < -0.3 is 10.2 Å². The van der Waals surface area contributed by atoms with Crippen LogP contribution in [0.1, 0.15) is 63.6 Å². The molecule has 0 radical (unpaired) electrons. The van der Waals surface area contributed by atoms with E-state index in [4.69, 9.17) is 16.4 Å². The Kier molecular flexibility index (Phi) is 8.94. The number of oxime groups is 1. The summed E-state index contributed by atoms with van der Waals surface area (Å²) in [6.07, 6.45) is -0.275. The number of pyridine rings is 1. The first kappa shape index (κ1) is 26.3. The first-order valence-corrected chi connectivity index (χ1v) is 10.7. The molecule has 0 aliphatic carbocycles. The van der Waals surface area contributed by atoms with Crippen molar-refractivity contribution in [2.75, 3.05) is 6.54 Å². The average Bonchev–Trinajstić information content (AvgIpc) is 3.06. The van der Waals surface area contributed by atoms with Gasteiger partial charge in [-0.25, -0.2) is 8.78 Å². The molecule has 0 saturated heterocycles. The molecule has 0 unspecified atom stereocenters. The number of rotatable bonds is 8. The second-order valence-electron chi connectivity index (χ2n) is 8.71. The summed E-state index contributed by atoms with van der Waals surface area (Å²) < 4.78 is 27.5. The number of amides is 1. The van der Waals surface area contributed by atoms with E-state index in [0.29, 0.717) is 16.3 Å². The van der Waals surface area contributed by atoms with Gasteiger partial charge in [-0.2, -0.15) is 5.10 Å². The Morgan fingerprint density at radius 2 is 2.06 bits per heavy atom. The molecule has 0 aliphatic heterocycles. The molecular formula is C23H28ClF2N5O2. The quantitative estimate of drug-likeness (QED) is 0.348. The predicted molar refractivity (Wildman–Crippen MR) is 123 cm³/mol. The normalized spacial score (nSPS) is 12.0. The molecule has 33 heavy (non-hydrogen) atoms. The van der Waals surface area contributed by atoms with Crippen molar-refractivity contribution in [1.82, 2.24) is 20.1 Å². The van der Waals surface area contributed by atoms with Crippen molar-refractivity contribution in [3.63, 3.8) is 0 Å². The Bertz CT molecular complexity index is 1080. The molecule has 0 aromatic carbocycles. The third kappa shape index (κ3) is 8.46. The van der Waals surface area contributed by atoms with Crippen LogP contribution in [-0.4, -0.2) is 39.0 Å². The molecule has 0 aliphatic rings. The third-order valence-corrected chi connectivity index (χ3v) is 4.31. The van der Waals surface area contributed by atoms with Crippen LogP contribution in [0, 0.1) is 17.3 Å². The molecule has 178 valence electrons. The van der Waals surface area contributed by atoms with Crippen LogP contribution in [0.15, 0.2) is 23.6 Å². The van der Waals surface area contributed by atoms with Gasteiger partial charge in [0.15, 0.2) is 0 Å². The smallest absolute Gasteiger partial charge is 0.282 e. The first-order valence-electron chi connectivity index (χ1n) is 10.3. The van der Waals surface area contributed by atoms with Crippen molar-refractivity contribution in [3.8, 4) is 11.8 Å². The molecule has 1 amide bonds.